The molecule has 0 N–H and O–H groups in total. The van der Waals surface area contributed by atoms with Gasteiger partial charge in [-0.25, -0.2) is 4.98 Å². The second-order valence-corrected chi connectivity index (χ2v) is 6.47. The van der Waals surface area contributed by atoms with E-state index in [4.69, 9.17) is 9.47 Å². The van der Waals surface area contributed by atoms with Gasteiger partial charge in [-0.2, -0.15) is 0 Å². The van der Waals surface area contributed by atoms with E-state index in [0.29, 0.717) is 32.8 Å². The van der Waals surface area contributed by atoms with Gasteiger partial charge in [0.05, 0.1) is 26.2 Å². The van der Waals surface area contributed by atoms with Crippen molar-refractivity contribution in [1.82, 2.24) is 9.88 Å². The number of ether oxygens (including phenoxy) is 2. The lowest BCUT2D eigenvalue weighted by Gasteiger charge is -2.32. The van der Waals surface area contributed by atoms with Crippen LogP contribution in [-0.2, 0) is 14.3 Å². The maximum atomic E-state index is 12.4. The summed E-state index contributed by atoms with van der Waals surface area (Å²) in [4.78, 5) is 21.1. The maximum Gasteiger partial charge on any atom is 0.224 e. The van der Waals surface area contributed by atoms with Crippen LogP contribution in [0.25, 0.3) is 0 Å². The monoisotopic (exact) mass is 319 g/mol. The highest BCUT2D eigenvalue weighted by Gasteiger charge is 2.42. The van der Waals surface area contributed by atoms with Crippen molar-refractivity contribution < 1.29 is 14.3 Å². The number of carbonyl (C=O) groups excluding carboxylic acids is 1. The van der Waals surface area contributed by atoms with Gasteiger partial charge in [0.2, 0.25) is 5.91 Å². The highest BCUT2D eigenvalue weighted by Crippen LogP contribution is 2.35. The smallest absolute Gasteiger partial charge is 0.224 e. The molecule has 0 aliphatic carbocycles. The van der Waals surface area contributed by atoms with Crippen molar-refractivity contribution in [3.63, 3.8) is 0 Å². The molecule has 2 aliphatic rings. The van der Waals surface area contributed by atoms with Crippen LogP contribution in [0.4, 0.5) is 5.82 Å². The number of hydrogen-bond donors (Lipinski definition) is 0. The Hall–Kier alpha value is -1.66. The summed E-state index contributed by atoms with van der Waals surface area (Å²) < 4.78 is 10.9. The zero-order valence-electron chi connectivity index (χ0n) is 13.7. The molecule has 2 fully saturated rings. The summed E-state index contributed by atoms with van der Waals surface area (Å²) in [5.74, 6) is 1.17. The summed E-state index contributed by atoms with van der Waals surface area (Å²) in [6.45, 7) is 5.09. The highest BCUT2D eigenvalue weighted by atomic mass is 16.5. The Morgan fingerprint density at radius 3 is 3.09 bits per heavy atom. The predicted molar refractivity (Wildman–Crippen MR) is 87.4 cm³/mol. The first-order valence-corrected chi connectivity index (χ1v) is 8.23. The molecule has 1 atom stereocenters. The average molecular weight is 319 g/mol. The lowest BCUT2D eigenvalue weighted by Crippen LogP contribution is -2.43. The lowest BCUT2D eigenvalue weighted by molar-refractivity contribution is -0.133. The second-order valence-electron chi connectivity index (χ2n) is 6.47. The highest BCUT2D eigenvalue weighted by molar-refractivity contribution is 5.76. The van der Waals surface area contributed by atoms with Crippen LogP contribution in [0, 0.1) is 5.41 Å². The van der Waals surface area contributed by atoms with Gasteiger partial charge in [0.15, 0.2) is 0 Å². The van der Waals surface area contributed by atoms with E-state index in [0.717, 1.165) is 31.9 Å². The van der Waals surface area contributed by atoms with Crippen LogP contribution in [0.2, 0.25) is 0 Å². The van der Waals surface area contributed by atoms with Crippen molar-refractivity contribution in [1.29, 1.82) is 0 Å². The molecule has 2 aliphatic heterocycles. The fourth-order valence-electron chi connectivity index (χ4n) is 3.47. The number of aromatic nitrogens is 1. The van der Waals surface area contributed by atoms with Gasteiger partial charge in [-0.15, -0.1) is 0 Å². The van der Waals surface area contributed by atoms with Gasteiger partial charge < -0.3 is 19.3 Å². The first kappa shape index (κ1) is 16.2. The van der Waals surface area contributed by atoms with Crippen LogP contribution in [-0.4, -0.2) is 68.9 Å². The Morgan fingerprint density at radius 1 is 1.39 bits per heavy atom. The number of anilines is 1. The largest absolute Gasteiger partial charge is 0.384 e. The normalized spacial score (nSPS) is 24.9. The first-order valence-electron chi connectivity index (χ1n) is 8.23. The van der Waals surface area contributed by atoms with Gasteiger partial charge in [0, 0.05) is 44.9 Å². The molecule has 0 bridgehead atoms. The number of methoxy groups -OCH3 is 1. The van der Waals surface area contributed by atoms with Crippen molar-refractivity contribution in [2.45, 2.75) is 12.8 Å². The minimum atomic E-state index is 0.0107. The van der Waals surface area contributed by atoms with Crippen LogP contribution >= 0.6 is 0 Å². The molecule has 3 heterocycles. The molecular weight excluding hydrogens is 294 g/mol. The Labute approximate surface area is 137 Å². The molecule has 1 amide bonds. The molecule has 0 aromatic carbocycles. The van der Waals surface area contributed by atoms with Crippen molar-refractivity contribution in [3.8, 4) is 0 Å². The van der Waals surface area contributed by atoms with Crippen molar-refractivity contribution >= 4 is 11.7 Å². The van der Waals surface area contributed by atoms with Gasteiger partial charge in [-0.3, -0.25) is 4.79 Å². The van der Waals surface area contributed by atoms with E-state index in [1.165, 1.54) is 0 Å². The molecular formula is C17H25N3O3. The molecule has 126 valence electrons. The molecule has 0 radical (unpaired) electrons. The molecule has 23 heavy (non-hydrogen) atoms. The van der Waals surface area contributed by atoms with Crippen LogP contribution in [0.15, 0.2) is 24.4 Å². The van der Waals surface area contributed by atoms with E-state index in [9.17, 15) is 4.79 Å². The third-order valence-electron chi connectivity index (χ3n) is 4.72. The molecule has 3 rings (SSSR count). The van der Waals surface area contributed by atoms with Gasteiger partial charge >= 0.3 is 0 Å². The zero-order valence-corrected chi connectivity index (χ0v) is 13.7. The summed E-state index contributed by atoms with van der Waals surface area (Å²) in [6, 6.07) is 5.98. The van der Waals surface area contributed by atoms with Crippen LogP contribution in [0.5, 0.6) is 0 Å². The average Bonchev–Trinajstić information content (AvgIpc) is 2.88. The molecule has 6 heteroatoms. The number of nitrogens with zero attached hydrogens (tertiary/aromatic N) is 3. The molecule has 1 spiro atoms. The van der Waals surface area contributed by atoms with E-state index in [1.807, 2.05) is 29.3 Å². The standard InChI is InChI=1S/C17H25N3O3/c1-22-10-5-16(21)20-9-11-23-14-17(13-20)6-8-19(12-17)15-4-2-3-7-18-15/h2-4,7H,5-6,8-14H2,1H3/t17-/m0/s1. The summed E-state index contributed by atoms with van der Waals surface area (Å²) in [5.41, 5.74) is 0.0107. The minimum Gasteiger partial charge on any atom is -0.384 e. The van der Waals surface area contributed by atoms with Gasteiger partial charge in [0.25, 0.3) is 0 Å². The fraction of sp³-hybridized carbons (Fsp3) is 0.647. The van der Waals surface area contributed by atoms with Crippen LogP contribution < -0.4 is 4.90 Å². The van der Waals surface area contributed by atoms with Crippen LogP contribution in [0.3, 0.4) is 0 Å². The number of carbonyl (C=O) groups is 1. The molecule has 0 unspecified atom stereocenters. The molecule has 2 saturated heterocycles. The van der Waals surface area contributed by atoms with Crippen LogP contribution in [0.1, 0.15) is 12.8 Å². The maximum absolute atomic E-state index is 12.4. The number of rotatable bonds is 4. The number of amides is 1. The Balaban J connectivity index is 1.67. The van der Waals surface area contributed by atoms with E-state index in [2.05, 4.69) is 9.88 Å². The summed E-state index contributed by atoms with van der Waals surface area (Å²) in [5, 5.41) is 0. The van der Waals surface area contributed by atoms with Gasteiger partial charge in [0.1, 0.15) is 5.82 Å². The van der Waals surface area contributed by atoms with Crippen molar-refractivity contribution in [2.24, 2.45) is 5.41 Å². The summed E-state index contributed by atoms with van der Waals surface area (Å²) in [7, 11) is 1.63. The van der Waals surface area contributed by atoms with Gasteiger partial charge in [-0.1, -0.05) is 6.07 Å². The second kappa shape index (κ2) is 7.27. The Bertz CT molecular complexity index is 525. The van der Waals surface area contributed by atoms with Crippen molar-refractivity contribution in [3.05, 3.63) is 24.4 Å². The first-order chi connectivity index (χ1) is 11.2. The Kier molecular flexibility index (Phi) is 5.13. The molecule has 1 aromatic heterocycles. The zero-order chi connectivity index (χ0) is 16.1. The quantitative estimate of drug-likeness (QED) is 0.834. The van der Waals surface area contributed by atoms with Crippen molar-refractivity contribution in [2.75, 3.05) is 58.0 Å². The van der Waals surface area contributed by atoms with E-state index < -0.39 is 0 Å². The predicted octanol–water partition coefficient (Wildman–Crippen LogP) is 1.17. The van der Waals surface area contributed by atoms with E-state index in [-0.39, 0.29) is 11.3 Å². The number of hydrogen-bond acceptors (Lipinski definition) is 5. The fourth-order valence-corrected chi connectivity index (χ4v) is 3.47. The van der Waals surface area contributed by atoms with E-state index >= 15 is 0 Å². The SMILES string of the molecule is COCCC(=O)N1CCOC[C@]2(CCN(c3ccccn3)C2)C1. The van der Waals surface area contributed by atoms with Gasteiger partial charge in [-0.05, 0) is 18.6 Å². The third-order valence-corrected chi connectivity index (χ3v) is 4.72. The number of pyridine rings is 1. The Morgan fingerprint density at radius 2 is 2.30 bits per heavy atom. The molecule has 1 aromatic rings. The lowest BCUT2D eigenvalue weighted by atomic mass is 9.87. The third kappa shape index (κ3) is 3.82. The topological polar surface area (TPSA) is 54.9 Å². The molecule has 0 saturated carbocycles. The minimum absolute atomic E-state index is 0.0107. The summed E-state index contributed by atoms with van der Waals surface area (Å²) >= 11 is 0. The molecule has 6 nitrogen and oxygen atoms in total. The summed E-state index contributed by atoms with van der Waals surface area (Å²) in [6.07, 6.45) is 3.29. The van der Waals surface area contributed by atoms with E-state index in [1.54, 1.807) is 7.11 Å².